The topological polar surface area (TPSA) is 69.6 Å². The van der Waals surface area contributed by atoms with Crippen LogP contribution in [-0.2, 0) is 11.2 Å². The average Bonchev–Trinajstić information content (AvgIpc) is 3.10. The molecule has 4 heteroatoms. The van der Waals surface area contributed by atoms with E-state index >= 15 is 0 Å². The van der Waals surface area contributed by atoms with Gasteiger partial charge in [-0.25, -0.2) is 0 Å². The van der Waals surface area contributed by atoms with E-state index in [9.17, 15) is 15.0 Å². The Morgan fingerprint density at radius 2 is 1.97 bits per heavy atom. The Morgan fingerprint density at radius 3 is 2.71 bits per heavy atom. The quantitative estimate of drug-likeness (QED) is 0.673. The molecule has 2 saturated carbocycles. The van der Waals surface area contributed by atoms with Crippen LogP contribution in [0, 0.1) is 30.1 Å². The number of rotatable bonds is 2. The van der Waals surface area contributed by atoms with Crippen molar-refractivity contribution in [2.75, 3.05) is 6.54 Å². The summed E-state index contributed by atoms with van der Waals surface area (Å²) in [6, 6.07) is 4.67. The number of ketones is 1. The van der Waals surface area contributed by atoms with Gasteiger partial charge in [-0.2, -0.15) is 0 Å². The molecule has 4 nitrogen and oxygen atoms in total. The van der Waals surface area contributed by atoms with E-state index < -0.39 is 0 Å². The van der Waals surface area contributed by atoms with E-state index in [0.29, 0.717) is 36.4 Å². The molecule has 1 aromatic rings. The molecule has 170 valence electrons. The molecule has 0 spiro atoms. The van der Waals surface area contributed by atoms with Crippen LogP contribution < -0.4 is 5.32 Å². The Balaban J connectivity index is 1.46. The molecule has 3 N–H and O–H groups in total. The number of piperidine rings is 1. The smallest absolute Gasteiger partial charge is 0.137 e. The monoisotopic (exact) mass is 425 g/mol. The van der Waals surface area contributed by atoms with Crippen molar-refractivity contribution in [3.05, 3.63) is 34.4 Å². The molecule has 31 heavy (non-hydrogen) atoms. The van der Waals surface area contributed by atoms with Gasteiger partial charge in [0.25, 0.3) is 0 Å². The third kappa shape index (κ3) is 3.32. The zero-order valence-electron chi connectivity index (χ0n) is 19.5. The molecule has 5 rings (SSSR count). The van der Waals surface area contributed by atoms with E-state index in [4.69, 9.17) is 0 Å². The number of carbonyl (C=O) groups is 1. The van der Waals surface area contributed by atoms with Crippen LogP contribution >= 0.6 is 0 Å². The van der Waals surface area contributed by atoms with Crippen molar-refractivity contribution in [1.82, 2.24) is 5.32 Å². The number of aliphatic hydroxyl groups excluding tert-OH is 2. The number of nitrogens with one attached hydrogen (secondary N) is 1. The summed E-state index contributed by atoms with van der Waals surface area (Å²) in [6.07, 6.45) is 4.38. The van der Waals surface area contributed by atoms with Crippen LogP contribution in [-0.4, -0.2) is 40.8 Å². The third-order valence-corrected chi connectivity index (χ3v) is 9.75. The first-order valence-electron chi connectivity index (χ1n) is 12.4. The van der Waals surface area contributed by atoms with Crippen molar-refractivity contribution in [1.29, 1.82) is 0 Å². The lowest BCUT2D eigenvalue weighted by molar-refractivity contribution is -0.141. The molecule has 1 aromatic carbocycles. The lowest BCUT2D eigenvalue weighted by atomic mass is 9.52. The van der Waals surface area contributed by atoms with Gasteiger partial charge in [-0.05, 0) is 96.9 Å². The molecule has 1 aliphatic heterocycles. The molecule has 9 atom stereocenters. The number of benzene rings is 1. The Hall–Kier alpha value is -1.23. The minimum Gasteiger partial charge on any atom is -0.393 e. The summed E-state index contributed by atoms with van der Waals surface area (Å²) >= 11 is 0. The van der Waals surface area contributed by atoms with E-state index in [1.807, 2.05) is 0 Å². The second-order valence-electron chi connectivity index (χ2n) is 11.6. The number of carbonyl (C=O) groups excluding carboxylic acids is 1. The third-order valence-electron chi connectivity index (χ3n) is 9.75. The number of aliphatic hydroxyl groups is 2. The van der Waals surface area contributed by atoms with E-state index in [-0.39, 0.29) is 35.5 Å². The maximum Gasteiger partial charge on any atom is 0.137 e. The molecule has 4 aliphatic rings. The lowest BCUT2D eigenvalue weighted by Crippen LogP contribution is -2.50. The second kappa shape index (κ2) is 7.67. The molecule has 1 heterocycles. The lowest BCUT2D eigenvalue weighted by Gasteiger charge is -2.52. The second-order valence-corrected chi connectivity index (χ2v) is 11.6. The summed E-state index contributed by atoms with van der Waals surface area (Å²) < 4.78 is 0. The van der Waals surface area contributed by atoms with Crippen LogP contribution in [0.4, 0.5) is 0 Å². The van der Waals surface area contributed by atoms with Gasteiger partial charge in [0, 0.05) is 18.4 Å². The van der Waals surface area contributed by atoms with Crippen molar-refractivity contribution < 1.29 is 15.0 Å². The first-order chi connectivity index (χ1) is 14.7. The largest absolute Gasteiger partial charge is 0.393 e. The molecule has 3 fully saturated rings. The van der Waals surface area contributed by atoms with E-state index in [0.717, 1.165) is 32.2 Å². The first-order valence-corrected chi connectivity index (χ1v) is 12.4. The van der Waals surface area contributed by atoms with Crippen LogP contribution in [0.3, 0.4) is 0 Å². The van der Waals surface area contributed by atoms with E-state index in [1.165, 1.54) is 22.3 Å². The Labute approximate surface area is 186 Å². The normalized spacial score (nSPS) is 43.2. The highest BCUT2D eigenvalue weighted by atomic mass is 16.3. The molecule has 0 bridgehead atoms. The Morgan fingerprint density at radius 1 is 1.19 bits per heavy atom. The SMILES string of the molecule is Cc1c([C@H](C)[C@@H]2NC[C@@H](C)C[C@H]2O)ccc2c1C[C@H]1[C@H]2CC(=O)[C@H]2C[C@@H](O)CC[C@@]21C. The maximum atomic E-state index is 13.1. The summed E-state index contributed by atoms with van der Waals surface area (Å²) in [5.74, 6) is 2.00. The summed E-state index contributed by atoms with van der Waals surface area (Å²) in [4.78, 5) is 13.1. The molecule has 0 radical (unpaired) electrons. The number of hydrogen-bond acceptors (Lipinski definition) is 4. The van der Waals surface area contributed by atoms with Gasteiger partial charge in [-0.1, -0.05) is 32.9 Å². The molecule has 0 amide bonds. The van der Waals surface area contributed by atoms with Crippen molar-refractivity contribution in [2.24, 2.45) is 23.2 Å². The van der Waals surface area contributed by atoms with Gasteiger partial charge in [0.2, 0.25) is 0 Å². The van der Waals surface area contributed by atoms with Crippen LogP contribution in [0.25, 0.3) is 0 Å². The fourth-order valence-electron chi connectivity index (χ4n) is 7.86. The van der Waals surface area contributed by atoms with Crippen LogP contribution in [0.1, 0.15) is 87.0 Å². The van der Waals surface area contributed by atoms with Gasteiger partial charge in [-0.3, -0.25) is 4.79 Å². The highest BCUT2D eigenvalue weighted by molar-refractivity contribution is 5.84. The standard InChI is InChI=1S/C27H39NO3/c1-14-9-25(31)26(28-13-14)16(3)18-5-6-19-20(15(18)2)11-22-21(19)12-24(30)23-10-17(29)7-8-27(22,23)4/h5-6,14,16-17,21-23,25-26,28-29,31H,7-13H2,1-4H3/t14-,16-,17-,21-,22-,23+,25+,26-,27+/m0/s1. The van der Waals surface area contributed by atoms with Gasteiger partial charge in [0.05, 0.1) is 12.2 Å². The van der Waals surface area contributed by atoms with Gasteiger partial charge in [-0.15, -0.1) is 0 Å². The minimum absolute atomic E-state index is 0.00767. The van der Waals surface area contributed by atoms with Crippen molar-refractivity contribution >= 4 is 5.78 Å². The summed E-state index contributed by atoms with van der Waals surface area (Å²) in [7, 11) is 0. The van der Waals surface area contributed by atoms with Crippen LogP contribution in [0.15, 0.2) is 12.1 Å². The summed E-state index contributed by atoms with van der Waals surface area (Å²) in [6.45, 7) is 9.99. The van der Waals surface area contributed by atoms with Crippen LogP contribution in [0.5, 0.6) is 0 Å². The van der Waals surface area contributed by atoms with Crippen molar-refractivity contribution in [3.8, 4) is 0 Å². The number of fused-ring (bicyclic) bond motifs is 5. The molecule has 0 aromatic heterocycles. The number of hydrogen-bond donors (Lipinski definition) is 3. The minimum atomic E-state index is -0.311. The predicted molar refractivity (Wildman–Crippen MR) is 122 cm³/mol. The zero-order chi connectivity index (χ0) is 22.1. The molecular formula is C27H39NO3. The first kappa shape index (κ1) is 21.6. The molecular weight excluding hydrogens is 386 g/mol. The van der Waals surface area contributed by atoms with Gasteiger partial charge in [0.15, 0.2) is 0 Å². The maximum absolute atomic E-state index is 13.1. The van der Waals surface area contributed by atoms with Gasteiger partial charge in [0.1, 0.15) is 5.78 Å². The zero-order valence-corrected chi connectivity index (χ0v) is 19.5. The predicted octanol–water partition coefficient (Wildman–Crippen LogP) is 3.85. The van der Waals surface area contributed by atoms with Crippen molar-refractivity contribution in [3.63, 3.8) is 0 Å². The highest BCUT2D eigenvalue weighted by Crippen LogP contribution is 2.61. The van der Waals surface area contributed by atoms with Gasteiger partial charge < -0.3 is 15.5 Å². The Bertz CT molecular complexity index is 881. The van der Waals surface area contributed by atoms with E-state index in [2.05, 4.69) is 45.1 Å². The molecule has 1 saturated heterocycles. The fraction of sp³-hybridized carbons (Fsp3) is 0.741. The highest BCUT2D eigenvalue weighted by Gasteiger charge is 2.56. The Kier molecular flexibility index (Phi) is 5.35. The average molecular weight is 426 g/mol. The summed E-state index contributed by atoms with van der Waals surface area (Å²) in [5, 5.41) is 24.5. The van der Waals surface area contributed by atoms with E-state index in [1.54, 1.807) is 0 Å². The number of Topliss-reactive ketones (excluding diaryl/α,β-unsaturated/α-hetero) is 1. The molecule has 3 aliphatic carbocycles. The summed E-state index contributed by atoms with van der Waals surface area (Å²) in [5.41, 5.74) is 5.57. The van der Waals surface area contributed by atoms with Crippen molar-refractivity contribution in [2.45, 2.75) is 96.3 Å². The van der Waals surface area contributed by atoms with Gasteiger partial charge >= 0.3 is 0 Å². The molecule has 0 unspecified atom stereocenters. The fourth-order valence-corrected chi connectivity index (χ4v) is 7.86. The van der Waals surface area contributed by atoms with Crippen LogP contribution in [0.2, 0.25) is 0 Å².